The average Bonchev–Trinajstić information content (AvgIpc) is 3.43. The zero-order valence-electron chi connectivity index (χ0n) is 19.3. The van der Waals surface area contributed by atoms with E-state index in [9.17, 15) is 9.59 Å². The van der Waals surface area contributed by atoms with Crippen molar-refractivity contribution >= 4 is 23.3 Å². The Morgan fingerprint density at radius 2 is 1.88 bits per heavy atom. The molecule has 3 heterocycles. The van der Waals surface area contributed by atoms with Gasteiger partial charge in [0, 0.05) is 35.4 Å². The van der Waals surface area contributed by atoms with Crippen LogP contribution in [0.15, 0.2) is 60.2 Å². The van der Waals surface area contributed by atoms with Crippen LogP contribution in [0.5, 0.6) is 0 Å². The number of cyclic esters (lactones) is 1. The molecule has 1 N–H and O–H groups in total. The Balaban J connectivity index is 1.22. The SMILES string of the molecule is CC1(C)OC(=O)N(C2CCC(NC(=O)c3csc(-c4cccnc4)n3)CC2)[C@H]1c1ccccc1. The van der Waals surface area contributed by atoms with Crippen LogP contribution in [0.2, 0.25) is 0 Å². The molecule has 34 heavy (non-hydrogen) atoms. The summed E-state index contributed by atoms with van der Waals surface area (Å²) in [4.78, 5) is 36.2. The van der Waals surface area contributed by atoms with E-state index in [0.717, 1.165) is 41.8 Å². The van der Waals surface area contributed by atoms with E-state index < -0.39 is 5.60 Å². The molecule has 7 nitrogen and oxygen atoms in total. The van der Waals surface area contributed by atoms with E-state index in [0.29, 0.717) is 5.69 Å². The number of nitrogens with one attached hydrogen (secondary N) is 1. The number of carbonyl (C=O) groups excluding carboxylic acids is 2. The first kappa shape index (κ1) is 22.5. The quantitative estimate of drug-likeness (QED) is 0.546. The van der Waals surface area contributed by atoms with Crippen LogP contribution in [0.25, 0.3) is 10.6 Å². The number of carbonyl (C=O) groups is 2. The predicted octanol–water partition coefficient (Wildman–Crippen LogP) is 5.22. The first-order valence-corrected chi connectivity index (χ1v) is 12.5. The number of rotatable bonds is 5. The van der Waals surface area contributed by atoms with Crippen LogP contribution in [-0.2, 0) is 4.74 Å². The highest BCUT2D eigenvalue weighted by Crippen LogP contribution is 2.44. The number of thiazole rings is 1. The van der Waals surface area contributed by atoms with Gasteiger partial charge >= 0.3 is 6.09 Å². The van der Waals surface area contributed by atoms with E-state index in [2.05, 4.69) is 27.4 Å². The minimum absolute atomic E-state index is 0.0640. The summed E-state index contributed by atoms with van der Waals surface area (Å²) in [5, 5.41) is 5.71. The fourth-order valence-electron chi connectivity index (χ4n) is 5.09. The summed E-state index contributed by atoms with van der Waals surface area (Å²) in [5.41, 5.74) is 1.82. The summed E-state index contributed by atoms with van der Waals surface area (Å²) < 4.78 is 5.78. The molecular formula is C26H28N4O3S. The van der Waals surface area contributed by atoms with Crippen molar-refractivity contribution in [1.29, 1.82) is 0 Å². The minimum atomic E-state index is -0.597. The summed E-state index contributed by atoms with van der Waals surface area (Å²) in [6.07, 6.45) is 6.45. The molecule has 1 aromatic carbocycles. The molecule has 2 aliphatic rings. The van der Waals surface area contributed by atoms with E-state index in [1.807, 2.05) is 49.1 Å². The summed E-state index contributed by atoms with van der Waals surface area (Å²) >= 11 is 1.44. The normalized spacial score (nSPS) is 24.0. The Labute approximate surface area is 203 Å². The van der Waals surface area contributed by atoms with Gasteiger partial charge in [0.15, 0.2) is 0 Å². The summed E-state index contributed by atoms with van der Waals surface area (Å²) in [5.74, 6) is -0.154. The number of hydrogen-bond donors (Lipinski definition) is 1. The van der Waals surface area contributed by atoms with Crippen LogP contribution in [0.4, 0.5) is 4.79 Å². The topological polar surface area (TPSA) is 84.4 Å². The number of ether oxygens (including phenoxy) is 1. The van der Waals surface area contributed by atoms with Crippen LogP contribution < -0.4 is 5.32 Å². The largest absolute Gasteiger partial charge is 0.441 e. The summed E-state index contributed by atoms with van der Waals surface area (Å²) in [6, 6.07) is 13.9. The molecule has 3 aromatic rings. The second kappa shape index (κ2) is 9.18. The number of benzene rings is 1. The minimum Gasteiger partial charge on any atom is -0.441 e. The Bertz CT molecular complexity index is 1160. The number of hydrogen-bond acceptors (Lipinski definition) is 6. The number of nitrogens with zero attached hydrogens (tertiary/aromatic N) is 3. The van der Waals surface area contributed by atoms with Crippen LogP contribution in [0.1, 0.15) is 61.6 Å². The maximum absolute atomic E-state index is 12.9. The zero-order valence-corrected chi connectivity index (χ0v) is 20.1. The van der Waals surface area contributed by atoms with Crippen molar-refractivity contribution < 1.29 is 14.3 Å². The lowest BCUT2D eigenvalue weighted by molar-refractivity contribution is 0.0663. The van der Waals surface area contributed by atoms with Crippen LogP contribution in [-0.4, -0.2) is 44.6 Å². The van der Waals surface area contributed by atoms with E-state index in [1.165, 1.54) is 11.3 Å². The Kier molecular flexibility index (Phi) is 6.08. The highest BCUT2D eigenvalue weighted by atomic mass is 32.1. The molecule has 0 spiro atoms. The molecule has 0 radical (unpaired) electrons. The van der Waals surface area contributed by atoms with Gasteiger partial charge in [-0.1, -0.05) is 30.3 Å². The van der Waals surface area contributed by atoms with Gasteiger partial charge in [-0.2, -0.15) is 0 Å². The molecule has 1 aliphatic heterocycles. The second-order valence-electron chi connectivity index (χ2n) is 9.45. The van der Waals surface area contributed by atoms with Gasteiger partial charge in [-0.05, 0) is 57.2 Å². The smallest absolute Gasteiger partial charge is 0.411 e. The molecule has 0 bridgehead atoms. The molecule has 2 fully saturated rings. The highest BCUT2D eigenvalue weighted by Gasteiger charge is 2.51. The van der Waals surface area contributed by atoms with Crippen molar-refractivity contribution in [2.75, 3.05) is 0 Å². The molecule has 2 amide bonds. The van der Waals surface area contributed by atoms with E-state index in [-0.39, 0.29) is 30.1 Å². The third kappa shape index (κ3) is 4.42. The van der Waals surface area contributed by atoms with Crippen molar-refractivity contribution in [3.8, 4) is 10.6 Å². The van der Waals surface area contributed by atoms with E-state index >= 15 is 0 Å². The first-order chi connectivity index (χ1) is 16.4. The fourth-order valence-corrected chi connectivity index (χ4v) is 5.88. The summed E-state index contributed by atoms with van der Waals surface area (Å²) in [6.45, 7) is 3.95. The molecule has 8 heteroatoms. The van der Waals surface area contributed by atoms with Gasteiger partial charge in [-0.25, -0.2) is 9.78 Å². The summed E-state index contributed by atoms with van der Waals surface area (Å²) in [7, 11) is 0. The Morgan fingerprint density at radius 1 is 1.12 bits per heavy atom. The first-order valence-electron chi connectivity index (χ1n) is 11.7. The predicted molar refractivity (Wildman–Crippen MR) is 130 cm³/mol. The van der Waals surface area contributed by atoms with Crippen molar-refractivity contribution in [2.24, 2.45) is 0 Å². The van der Waals surface area contributed by atoms with Gasteiger partial charge in [0.1, 0.15) is 16.3 Å². The van der Waals surface area contributed by atoms with Crippen LogP contribution in [0, 0.1) is 0 Å². The van der Waals surface area contributed by atoms with Gasteiger partial charge in [-0.3, -0.25) is 14.7 Å². The van der Waals surface area contributed by atoms with Crippen molar-refractivity contribution in [3.05, 3.63) is 71.5 Å². The van der Waals surface area contributed by atoms with Crippen molar-refractivity contribution in [3.63, 3.8) is 0 Å². The van der Waals surface area contributed by atoms with E-state index in [1.54, 1.807) is 17.8 Å². The van der Waals surface area contributed by atoms with Gasteiger partial charge in [-0.15, -0.1) is 11.3 Å². The third-order valence-corrected chi connectivity index (χ3v) is 7.58. The standard InChI is InChI=1S/C26H28N4O3S/c1-26(2)22(17-7-4-3-5-8-17)30(25(32)33-26)20-12-10-19(11-13-20)28-23(31)21-16-34-24(29-21)18-9-6-14-27-15-18/h3-9,14-16,19-20,22H,10-13H2,1-2H3,(H,28,31)/t19?,20?,22-/m0/s1. The van der Waals surface area contributed by atoms with Gasteiger partial charge in [0.2, 0.25) is 0 Å². The monoisotopic (exact) mass is 476 g/mol. The Hall–Kier alpha value is -3.26. The van der Waals surface area contributed by atoms with Gasteiger partial charge < -0.3 is 10.1 Å². The van der Waals surface area contributed by atoms with Crippen LogP contribution in [0.3, 0.4) is 0 Å². The third-order valence-electron chi connectivity index (χ3n) is 6.68. The number of pyridine rings is 1. The fraction of sp³-hybridized carbons (Fsp3) is 0.385. The maximum atomic E-state index is 12.9. The molecular weight excluding hydrogens is 448 g/mol. The molecule has 5 rings (SSSR count). The van der Waals surface area contributed by atoms with Gasteiger partial charge in [0.05, 0.1) is 6.04 Å². The molecule has 1 atom stereocenters. The molecule has 1 saturated heterocycles. The lowest BCUT2D eigenvalue weighted by Crippen LogP contribution is -2.46. The van der Waals surface area contributed by atoms with Crippen LogP contribution >= 0.6 is 11.3 Å². The molecule has 176 valence electrons. The molecule has 1 saturated carbocycles. The molecule has 0 unspecified atom stereocenters. The van der Waals surface area contributed by atoms with Gasteiger partial charge in [0.25, 0.3) is 5.91 Å². The maximum Gasteiger partial charge on any atom is 0.411 e. The lowest BCUT2D eigenvalue weighted by Gasteiger charge is -2.38. The number of aromatic nitrogens is 2. The molecule has 1 aliphatic carbocycles. The number of amides is 2. The second-order valence-corrected chi connectivity index (χ2v) is 10.3. The van der Waals surface area contributed by atoms with E-state index in [4.69, 9.17) is 4.74 Å². The average molecular weight is 477 g/mol. The Morgan fingerprint density at radius 3 is 2.59 bits per heavy atom. The van der Waals surface area contributed by atoms with Crippen molar-refractivity contribution in [1.82, 2.24) is 20.2 Å². The molecule has 2 aromatic heterocycles. The highest BCUT2D eigenvalue weighted by molar-refractivity contribution is 7.13. The lowest BCUT2D eigenvalue weighted by atomic mass is 9.86. The zero-order chi connectivity index (χ0) is 23.7. The van der Waals surface area contributed by atoms with Crippen molar-refractivity contribution in [2.45, 2.75) is 63.3 Å².